The Labute approximate surface area is 302 Å². The molecule has 7 aromatic carbocycles. The Bertz CT molecular complexity index is 2930. The summed E-state index contributed by atoms with van der Waals surface area (Å²) in [5, 5.41) is 4.96. The minimum absolute atomic E-state index is 0.924. The van der Waals surface area contributed by atoms with Crippen LogP contribution in [0.3, 0.4) is 0 Å². The number of benzene rings is 7. The Morgan fingerprint density at radius 2 is 0.846 bits per heavy atom. The molecular formula is C49H33N3. The highest BCUT2D eigenvalue weighted by Gasteiger charge is 2.16. The fourth-order valence-electron chi connectivity index (χ4n) is 7.82. The molecule has 3 nitrogen and oxygen atoms in total. The van der Waals surface area contributed by atoms with E-state index in [0.29, 0.717) is 0 Å². The van der Waals surface area contributed by atoms with Gasteiger partial charge >= 0.3 is 0 Å². The van der Waals surface area contributed by atoms with Crippen LogP contribution in [-0.4, -0.2) is 14.1 Å². The summed E-state index contributed by atoms with van der Waals surface area (Å²) in [6.45, 7) is 4.04. The third kappa shape index (κ3) is 4.86. The Morgan fingerprint density at radius 1 is 0.365 bits per heavy atom. The van der Waals surface area contributed by atoms with Gasteiger partial charge in [0.15, 0.2) is 0 Å². The van der Waals surface area contributed by atoms with Crippen molar-refractivity contribution in [1.82, 2.24) is 14.1 Å². The molecule has 244 valence electrons. The zero-order valence-electron chi connectivity index (χ0n) is 28.4. The molecule has 3 aromatic heterocycles. The van der Waals surface area contributed by atoms with Gasteiger partial charge in [-0.25, -0.2) is 4.98 Å². The molecule has 0 atom stereocenters. The molecule has 0 fully saturated rings. The monoisotopic (exact) mass is 663 g/mol. The van der Waals surface area contributed by atoms with Crippen molar-refractivity contribution in [3.8, 4) is 45.0 Å². The van der Waals surface area contributed by atoms with Crippen LogP contribution in [-0.2, 0) is 0 Å². The van der Waals surface area contributed by atoms with E-state index >= 15 is 0 Å². The Morgan fingerprint density at radius 3 is 1.46 bits per heavy atom. The highest BCUT2D eigenvalue weighted by molar-refractivity contribution is 6.10. The lowest BCUT2D eigenvalue weighted by molar-refractivity contribution is 1.18. The van der Waals surface area contributed by atoms with Gasteiger partial charge < -0.3 is 9.13 Å². The van der Waals surface area contributed by atoms with Crippen molar-refractivity contribution >= 4 is 49.7 Å². The van der Waals surface area contributed by atoms with Crippen LogP contribution < -0.4 is 0 Å². The molecule has 0 amide bonds. The lowest BCUT2D eigenvalue weighted by atomic mass is 9.99. The summed E-state index contributed by atoms with van der Waals surface area (Å²) >= 11 is 0. The van der Waals surface area contributed by atoms with Crippen molar-refractivity contribution in [2.45, 2.75) is 0 Å². The number of rotatable bonds is 6. The van der Waals surface area contributed by atoms with Crippen LogP contribution in [0.2, 0.25) is 0 Å². The molecule has 10 aromatic rings. The van der Waals surface area contributed by atoms with Crippen molar-refractivity contribution < 1.29 is 0 Å². The van der Waals surface area contributed by atoms with Crippen LogP contribution in [0, 0.1) is 0 Å². The number of para-hydroxylation sites is 3. The molecule has 3 heteroatoms. The first-order chi connectivity index (χ1) is 25.7. The fourth-order valence-corrected chi connectivity index (χ4v) is 7.82. The topological polar surface area (TPSA) is 22.8 Å². The van der Waals surface area contributed by atoms with Gasteiger partial charge in [0.2, 0.25) is 0 Å². The predicted octanol–water partition coefficient (Wildman–Crippen LogP) is 12.9. The maximum Gasteiger partial charge on any atom is 0.0716 e. The number of fused-ring (bicyclic) bond motifs is 6. The van der Waals surface area contributed by atoms with Crippen LogP contribution in [0.15, 0.2) is 189 Å². The molecule has 10 rings (SSSR count). The van der Waals surface area contributed by atoms with Gasteiger partial charge in [0.05, 0.1) is 33.5 Å². The van der Waals surface area contributed by atoms with Crippen molar-refractivity contribution in [3.05, 3.63) is 194 Å². The quantitative estimate of drug-likeness (QED) is 0.174. The van der Waals surface area contributed by atoms with Crippen LogP contribution in [0.5, 0.6) is 0 Å². The van der Waals surface area contributed by atoms with E-state index in [1.54, 1.807) is 0 Å². The van der Waals surface area contributed by atoms with Crippen molar-refractivity contribution in [2.24, 2.45) is 0 Å². The maximum absolute atomic E-state index is 5.30. The van der Waals surface area contributed by atoms with Crippen LogP contribution >= 0.6 is 0 Å². The number of pyridine rings is 1. The van der Waals surface area contributed by atoms with Gasteiger partial charge in [-0.1, -0.05) is 134 Å². The Kier molecular flexibility index (Phi) is 6.97. The van der Waals surface area contributed by atoms with E-state index in [9.17, 15) is 0 Å². The zero-order valence-corrected chi connectivity index (χ0v) is 28.4. The molecule has 0 saturated carbocycles. The molecular weight excluding hydrogens is 631 g/mol. The molecule has 0 unspecified atom stereocenters. The second kappa shape index (κ2) is 12.1. The third-order valence-corrected chi connectivity index (χ3v) is 10.2. The molecule has 0 aliphatic heterocycles. The van der Waals surface area contributed by atoms with Crippen molar-refractivity contribution in [2.75, 3.05) is 0 Å². The predicted molar refractivity (Wildman–Crippen MR) is 219 cm³/mol. The Hall–Kier alpha value is -6.97. The summed E-state index contributed by atoms with van der Waals surface area (Å²) in [4.78, 5) is 5.30. The van der Waals surface area contributed by atoms with E-state index in [4.69, 9.17) is 4.98 Å². The fraction of sp³-hybridized carbons (Fsp3) is 0. The summed E-state index contributed by atoms with van der Waals surface area (Å²) < 4.78 is 4.74. The molecule has 0 N–H and O–H groups in total. The van der Waals surface area contributed by atoms with E-state index in [0.717, 1.165) is 56.1 Å². The highest BCUT2D eigenvalue weighted by atomic mass is 15.0. The molecule has 0 bridgehead atoms. The lowest BCUT2D eigenvalue weighted by Gasteiger charge is -2.14. The SMILES string of the molecule is C=Cc1ccc2c3ccccc3n(-c3cccc(-c4cc(-c5cccc(-n6c7ccccc7c7ccccc76)c5)cc(-c5ccccc5)n4)c3)c2c1. The largest absolute Gasteiger partial charge is 0.309 e. The van der Waals surface area contributed by atoms with Crippen LogP contribution in [0.1, 0.15) is 5.56 Å². The summed E-state index contributed by atoms with van der Waals surface area (Å²) in [7, 11) is 0. The minimum Gasteiger partial charge on any atom is -0.309 e. The normalized spacial score (nSPS) is 11.5. The zero-order chi connectivity index (χ0) is 34.6. The van der Waals surface area contributed by atoms with E-state index in [1.165, 1.54) is 38.1 Å². The second-order valence-corrected chi connectivity index (χ2v) is 13.3. The number of hydrogen-bond acceptors (Lipinski definition) is 1. The maximum atomic E-state index is 5.30. The first-order valence-electron chi connectivity index (χ1n) is 17.7. The van der Waals surface area contributed by atoms with Crippen molar-refractivity contribution in [1.29, 1.82) is 0 Å². The smallest absolute Gasteiger partial charge is 0.0716 e. The average Bonchev–Trinajstić information content (AvgIpc) is 3.74. The van der Waals surface area contributed by atoms with E-state index in [2.05, 4.69) is 198 Å². The standard InChI is InChI=1S/C49H33N3/c1-2-33-26-27-43-42-22-8-11-25-48(42)52(49(43)28-33)39-19-13-17-36(30-39)45-32-37(31-44(50-45)34-14-4-3-5-15-34)35-16-12-18-38(29-35)51-46-23-9-6-20-40(46)41-21-7-10-24-47(41)51/h2-32H,1H2. The first-order valence-corrected chi connectivity index (χ1v) is 17.7. The third-order valence-electron chi connectivity index (χ3n) is 10.2. The first kappa shape index (κ1) is 29.9. The van der Waals surface area contributed by atoms with Crippen LogP contribution in [0.25, 0.3) is 94.7 Å². The number of nitrogens with zero attached hydrogens (tertiary/aromatic N) is 3. The van der Waals surface area contributed by atoms with Gasteiger partial charge in [-0.3, -0.25) is 0 Å². The van der Waals surface area contributed by atoms with Gasteiger partial charge in [0, 0.05) is 44.0 Å². The van der Waals surface area contributed by atoms with E-state index in [-0.39, 0.29) is 0 Å². The Balaban J connectivity index is 1.16. The highest BCUT2D eigenvalue weighted by Crippen LogP contribution is 2.37. The number of hydrogen-bond donors (Lipinski definition) is 0. The van der Waals surface area contributed by atoms with Gasteiger partial charge in [-0.2, -0.15) is 0 Å². The molecule has 0 radical (unpaired) electrons. The van der Waals surface area contributed by atoms with Gasteiger partial charge in [-0.05, 0) is 77.4 Å². The summed E-state index contributed by atoms with van der Waals surface area (Å²) in [5.41, 5.74) is 14.3. The van der Waals surface area contributed by atoms with Crippen molar-refractivity contribution in [3.63, 3.8) is 0 Å². The molecule has 3 heterocycles. The van der Waals surface area contributed by atoms with E-state index < -0.39 is 0 Å². The molecule has 0 aliphatic rings. The second-order valence-electron chi connectivity index (χ2n) is 13.3. The van der Waals surface area contributed by atoms with Gasteiger partial charge in [0.1, 0.15) is 0 Å². The van der Waals surface area contributed by atoms with E-state index in [1.807, 2.05) is 6.08 Å². The summed E-state index contributed by atoms with van der Waals surface area (Å²) in [6, 6.07) is 65.1. The van der Waals surface area contributed by atoms with Gasteiger partial charge in [-0.15, -0.1) is 0 Å². The van der Waals surface area contributed by atoms with Gasteiger partial charge in [0.25, 0.3) is 0 Å². The molecule has 0 aliphatic carbocycles. The van der Waals surface area contributed by atoms with Crippen LogP contribution in [0.4, 0.5) is 0 Å². The lowest BCUT2D eigenvalue weighted by Crippen LogP contribution is -1.97. The summed E-state index contributed by atoms with van der Waals surface area (Å²) in [5.74, 6) is 0. The molecule has 0 saturated heterocycles. The molecule has 52 heavy (non-hydrogen) atoms. The summed E-state index contributed by atoms with van der Waals surface area (Å²) in [6.07, 6.45) is 1.91. The number of aromatic nitrogens is 3. The minimum atomic E-state index is 0.924. The molecule has 0 spiro atoms. The average molecular weight is 664 g/mol.